The van der Waals surface area contributed by atoms with E-state index in [0.29, 0.717) is 5.69 Å². The van der Waals surface area contributed by atoms with Crippen LogP contribution in [-0.4, -0.2) is 26.0 Å². The zero-order valence-corrected chi connectivity index (χ0v) is 11.9. The average Bonchev–Trinajstić information content (AvgIpc) is 3.05. The molecule has 22 heavy (non-hydrogen) atoms. The number of carbonyl (C=O) groups is 1. The van der Waals surface area contributed by atoms with Crippen molar-refractivity contribution in [3.8, 4) is 11.4 Å². The molecule has 0 atom stereocenters. The van der Waals surface area contributed by atoms with Crippen molar-refractivity contribution in [2.24, 2.45) is 0 Å². The highest BCUT2D eigenvalue weighted by molar-refractivity contribution is 6.06. The Hall–Kier alpha value is -3.15. The Balaban J connectivity index is 1.78. The number of nitrogens with zero attached hydrogens (tertiary/aromatic N) is 3. The molecule has 3 aromatic rings. The van der Waals surface area contributed by atoms with Gasteiger partial charge in [0.05, 0.1) is 23.6 Å². The quantitative estimate of drug-likeness (QED) is 0.778. The summed E-state index contributed by atoms with van der Waals surface area (Å²) in [6, 6.07) is 12.0. The van der Waals surface area contributed by atoms with Gasteiger partial charge in [-0.05, 0) is 43.3 Å². The molecule has 6 heteroatoms. The summed E-state index contributed by atoms with van der Waals surface area (Å²) in [6.07, 6.45) is 3.19. The van der Waals surface area contributed by atoms with Crippen LogP contribution in [0.2, 0.25) is 0 Å². The molecule has 110 valence electrons. The molecule has 0 spiro atoms. The Labute approximate surface area is 127 Å². The molecule has 1 aromatic heterocycles. The van der Waals surface area contributed by atoms with Gasteiger partial charge < -0.3 is 10.4 Å². The molecule has 0 saturated heterocycles. The van der Waals surface area contributed by atoms with Gasteiger partial charge in [0.1, 0.15) is 5.75 Å². The van der Waals surface area contributed by atoms with Crippen molar-refractivity contribution < 1.29 is 9.90 Å². The van der Waals surface area contributed by atoms with E-state index in [1.807, 2.05) is 6.92 Å². The highest BCUT2D eigenvalue weighted by Gasteiger charge is 2.11. The van der Waals surface area contributed by atoms with Gasteiger partial charge in [0.2, 0.25) is 0 Å². The lowest BCUT2D eigenvalue weighted by atomic mass is 10.1. The number of hydrogen-bond donors (Lipinski definition) is 2. The fourth-order valence-corrected chi connectivity index (χ4v) is 2.06. The molecule has 0 aliphatic carbocycles. The topological polar surface area (TPSA) is 80.0 Å². The predicted molar refractivity (Wildman–Crippen MR) is 82.2 cm³/mol. The summed E-state index contributed by atoms with van der Waals surface area (Å²) >= 11 is 0. The van der Waals surface area contributed by atoms with Crippen LogP contribution in [0.4, 0.5) is 5.69 Å². The first kappa shape index (κ1) is 13.8. The van der Waals surface area contributed by atoms with Crippen molar-refractivity contribution in [2.45, 2.75) is 6.92 Å². The molecular weight excluding hydrogens is 280 g/mol. The fraction of sp³-hybridized carbons (Fsp3) is 0.0625. The van der Waals surface area contributed by atoms with Crippen molar-refractivity contribution in [3.05, 3.63) is 66.0 Å². The molecule has 2 aromatic carbocycles. The molecule has 3 rings (SSSR count). The van der Waals surface area contributed by atoms with Gasteiger partial charge in [-0.15, -0.1) is 0 Å². The summed E-state index contributed by atoms with van der Waals surface area (Å²) in [5.74, 6) is -0.397. The largest absolute Gasteiger partial charge is 0.507 e. The third-order valence-electron chi connectivity index (χ3n) is 3.17. The SMILES string of the molecule is Cc1ccc(O)c(C(=O)Nc2ccc(-n3nccn3)cc2)c1. The number of anilines is 1. The van der Waals surface area contributed by atoms with Crippen molar-refractivity contribution in [3.63, 3.8) is 0 Å². The van der Waals surface area contributed by atoms with Crippen molar-refractivity contribution in [1.29, 1.82) is 0 Å². The highest BCUT2D eigenvalue weighted by atomic mass is 16.3. The minimum atomic E-state index is -0.355. The van der Waals surface area contributed by atoms with Gasteiger partial charge in [0.15, 0.2) is 0 Å². The van der Waals surface area contributed by atoms with Gasteiger partial charge >= 0.3 is 0 Å². The molecule has 1 heterocycles. The highest BCUT2D eigenvalue weighted by Crippen LogP contribution is 2.20. The summed E-state index contributed by atoms with van der Waals surface area (Å²) in [6.45, 7) is 1.86. The van der Waals surface area contributed by atoms with Gasteiger partial charge in [-0.25, -0.2) is 0 Å². The number of aromatic hydroxyl groups is 1. The molecule has 1 amide bonds. The first-order valence-electron chi connectivity index (χ1n) is 6.71. The fourth-order valence-electron chi connectivity index (χ4n) is 2.06. The number of nitrogens with one attached hydrogen (secondary N) is 1. The number of benzene rings is 2. The number of aryl methyl sites for hydroxylation is 1. The number of aromatic nitrogens is 3. The van der Waals surface area contributed by atoms with Crippen LogP contribution in [0.1, 0.15) is 15.9 Å². The lowest BCUT2D eigenvalue weighted by molar-refractivity contribution is 0.102. The first-order chi connectivity index (χ1) is 10.6. The third-order valence-corrected chi connectivity index (χ3v) is 3.17. The van der Waals surface area contributed by atoms with E-state index >= 15 is 0 Å². The lowest BCUT2D eigenvalue weighted by Gasteiger charge is -2.08. The van der Waals surface area contributed by atoms with E-state index in [0.717, 1.165) is 11.3 Å². The Kier molecular flexibility index (Phi) is 3.57. The van der Waals surface area contributed by atoms with Gasteiger partial charge in [-0.3, -0.25) is 4.79 Å². The molecule has 0 radical (unpaired) electrons. The minimum absolute atomic E-state index is 0.0412. The summed E-state index contributed by atoms with van der Waals surface area (Å²) in [7, 11) is 0. The zero-order valence-electron chi connectivity index (χ0n) is 11.9. The molecule has 0 unspecified atom stereocenters. The Bertz CT molecular complexity index is 796. The molecule has 0 saturated carbocycles. The first-order valence-corrected chi connectivity index (χ1v) is 6.71. The van der Waals surface area contributed by atoms with Crippen LogP contribution in [0.15, 0.2) is 54.9 Å². The molecular formula is C16H14N4O2. The molecule has 6 nitrogen and oxygen atoms in total. The Morgan fingerprint density at radius 1 is 1.09 bits per heavy atom. The molecule has 0 aliphatic rings. The van der Waals surface area contributed by atoms with Crippen LogP contribution in [-0.2, 0) is 0 Å². The van der Waals surface area contributed by atoms with E-state index in [-0.39, 0.29) is 17.2 Å². The van der Waals surface area contributed by atoms with Crippen LogP contribution < -0.4 is 5.32 Å². The minimum Gasteiger partial charge on any atom is -0.507 e. The smallest absolute Gasteiger partial charge is 0.259 e. The van der Waals surface area contributed by atoms with Gasteiger partial charge in [-0.1, -0.05) is 11.6 Å². The van der Waals surface area contributed by atoms with Crippen LogP contribution in [0, 0.1) is 6.92 Å². The average molecular weight is 294 g/mol. The molecule has 0 fully saturated rings. The standard InChI is InChI=1S/C16H14N4O2/c1-11-2-7-15(21)14(10-11)16(22)19-12-3-5-13(6-4-12)20-17-8-9-18-20/h2-10,21H,1H3,(H,19,22). The van der Waals surface area contributed by atoms with E-state index in [9.17, 15) is 9.90 Å². The van der Waals surface area contributed by atoms with Crippen molar-refractivity contribution >= 4 is 11.6 Å². The maximum atomic E-state index is 12.2. The second-order valence-electron chi connectivity index (χ2n) is 4.84. The second kappa shape index (κ2) is 5.69. The predicted octanol–water partition coefficient (Wildman–Crippen LogP) is 2.53. The van der Waals surface area contributed by atoms with E-state index in [1.165, 1.54) is 10.9 Å². The Morgan fingerprint density at radius 3 is 2.45 bits per heavy atom. The van der Waals surface area contributed by atoms with E-state index in [4.69, 9.17) is 0 Å². The van der Waals surface area contributed by atoms with Crippen molar-refractivity contribution in [2.75, 3.05) is 5.32 Å². The number of carbonyl (C=O) groups excluding carboxylic acids is 1. The van der Waals surface area contributed by atoms with Crippen LogP contribution in [0.5, 0.6) is 5.75 Å². The van der Waals surface area contributed by atoms with Gasteiger partial charge in [0.25, 0.3) is 5.91 Å². The Morgan fingerprint density at radius 2 is 1.77 bits per heavy atom. The number of hydrogen-bond acceptors (Lipinski definition) is 4. The normalized spacial score (nSPS) is 10.4. The van der Waals surface area contributed by atoms with Gasteiger partial charge in [-0.2, -0.15) is 15.0 Å². The lowest BCUT2D eigenvalue weighted by Crippen LogP contribution is -2.12. The van der Waals surface area contributed by atoms with E-state index < -0.39 is 0 Å². The summed E-state index contributed by atoms with van der Waals surface area (Å²) in [5, 5.41) is 20.6. The summed E-state index contributed by atoms with van der Waals surface area (Å²) < 4.78 is 0. The van der Waals surface area contributed by atoms with Crippen LogP contribution in [0.25, 0.3) is 5.69 Å². The van der Waals surface area contributed by atoms with Crippen LogP contribution in [0.3, 0.4) is 0 Å². The number of rotatable bonds is 3. The van der Waals surface area contributed by atoms with Crippen molar-refractivity contribution in [1.82, 2.24) is 15.0 Å². The molecule has 2 N–H and O–H groups in total. The maximum Gasteiger partial charge on any atom is 0.259 e. The van der Waals surface area contributed by atoms with E-state index in [2.05, 4.69) is 15.5 Å². The number of phenols is 1. The molecule has 0 bridgehead atoms. The number of phenolic OH excluding ortho intramolecular Hbond substituents is 1. The zero-order chi connectivity index (χ0) is 15.5. The summed E-state index contributed by atoms with van der Waals surface area (Å²) in [4.78, 5) is 13.7. The second-order valence-corrected chi connectivity index (χ2v) is 4.84. The maximum absolute atomic E-state index is 12.2. The third kappa shape index (κ3) is 2.80. The van der Waals surface area contributed by atoms with Gasteiger partial charge in [0, 0.05) is 5.69 Å². The summed E-state index contributed by atoms with van der Waals surface area (Å²) in [5.41, 5.74) is 2.57. The van der Waals surface area contributed by atoms with Crippen LogP contribution >= 0.6 is 0 Å². The van der Waals surface area contributed by atoms with E-state index in [1.54, 1.807) is 48.8 Å². The number of amides is 1. The monoisotopic (exact) mass is 294 g/mol. The molecule has 0 aliphatic heterocycles.